The van der Waals surface area contributed by atoms with Crippen LogP contribution in [0.4, 0.5) is 0 Å². The maximum Gasteiger partial charge on any atom is 0.254 e. The topological polar surface area (TPSA) is 51.5 Å². The quantitative estimate of drug-likeness (QED) is 0.728. The first-order chi connectivity index (χ1) is 12.6. The molecule has 1 amide bonds. The zero-order chi connectivity index (χ0) is 18.1. The Hall–Kier alpha value is -2.92. The van der Waals surface area contributed by atoms with Gasteiger partial charge in [-0.05, 0) is 22.4 Å². The number of nitrogens with zero attached hydrogens (tertiary/aromatic N) is 2. The van der Waals surface area contributed by atoms with E-state index in [1.54, 1.807) is 24.2 Å². The molecule has 0 atom stereocenters. The lowest BCUT2D eigenvalue weighted by molar-refractivity contribution is -0.0500. The molecule has 1 saturated heterocycles. The van der Waals surface area contributed by atoms with Gasteiger partial charge in [-0.25, -0.2) is 0 Å². The number of carbonyl (C=O) groups is 1. The van der Waals surface area contributed by atoms with Gasteiger partial charge in [0.15, 0.2) is 0 Å². The summed E-state index contributed by atoms with van der Waals surface area (Å²) in [6.07, 6.45) is 1.65. The Morgan fingerprint density at radius 1 is 1.12 bits per heavy atom. The number of hydrogen-bond acceptors (Lipinski definition) is 3. The number of likely N-dealkylation sites (tertiary alicyclic amines) is 1. The summed E-state index contributed by atoms with van der Waals surface area (Å²) in [6.45, 7) is 1.64. The second-order valence-corrected chi connectivity index (χ2v) is 6.65. The number of hydrogen-bond donors (Lipinski definition) is 0. The highest BCUT2D eigenvalue weighted by Gasteiger charge is 2.32. The predicted molar refractivity (Wildman–Crippen MR) is 100 cm³/mol. The Labute approximate surface area is 151 Å². The number of pyridine rings is 1. The van der Waals surface area contributed by atoms with Crippen molar-refractivity contribution in [2.45, 2.75) is 12.7 Å². The molecule has 0 radical (unpaired) electrons. The molecule has 1 aliphatic heterocycles. The van der Waals surface area contributed by atoms with E-state index in [1.165, 1.54) is 21.4 Å². The fourth-order valence-corrected chi connectivity index (χ4v) is 3.20. The number of aryl methyl sites for hydroxylation is 1. The van der Waals surface area contributed by atoms with Crippen LogP contribution in [0.2, 0.25) is 0 Å². The highest BCUT2D eigenvalue weighted by molar-refractivity contribution is 5.94. The van der Waals surface area contributed by atoms with Crippen LogP contribution >= 0.6 is 0 Å². The van der Waals surface area contributed by atoms with Crippen LogP contribution in [0.15, 0.2) is 65.6 Å². The van der Waals surface area contributed by atoms with Crippen LogP contribution < -0.4 is 5.56 Å². The summed E-state index contributed by atoms with van der Waals surface area (Å²) in [7, 11) is 1.66. The average molecular weight is 348 g/mol. The summed E-state index contributed by atoms with van der Waals surface area (Å²) in [6, 6.07) is 17.5. The number of ether oxygens (including phenoxy) is 1. The molecule has 26 heavy (non-hydrogen) atoms. The lowest BCUT2D eigenvalue weighted by atomic mass is 10.0. The number of fused-ring (bicyclic) bond motifs is 1. The first kappa shape index (κ1) is 16.5. The van der Waals surface area contributed by atoms with Crippen LogP contribution in [-0.4, -0.2) is 34.6 Å². The Kier molecular flexibility index (Phi) is 4.31. The normalized spacial score (nSPS) is 14.4. The number of benzene rings is 2. The lowest BCUT2D eigenvalue weighted by Crippen LogP contribution is -2.54. The molecule has 1 aromatic heterocycles. The third kappa shape index (κ3) is 3.13. The van der Waals surface area contributed by atoms with E-state index >= 15 is 0 Å². The molecule has 2 heterocycles. The van der Waals surface area contributed by atoms with Gasteiger partial charge < -0.3 is 14.2 Å². The molecule has 0 N–H and O–H groups in total. The third-order valence-electron chi connectivity index (χ3n) is 4.84. The first-order valence-electron chi connectivity index (χ1n) is 8.66. The zero-order valence-electron chi connectivity index (χ0n) is 14.6. The number of rotatable bonds is 4. The van der Waals surface area contributed by atoms with E-state index in [0.717, 1.165) is 5.56 Å². The second-order valence-electron chi connectivity index (χ2n) is 6.65. The van der Waals surface area contributed by atoms with Crippen molar-refractivity contribution in [3.8, 4) is 0 Å². The summed E-state index contributed by atoms with van der Waals surface area (Å²) in [5.41, 5.74) is 1.40. The summed E-state index contributed by atoms with van der Waals surface area (Å²) in [4.78, 5) is 25.8. The zero-order valence-corrected chi connectivity index (χ0v) is 14.6. The first-order valence-corrected chi connectivity index (χ1v) is 8.66. The van der Waals surface area contributed by atoms with Crippen molar-refractivity contribution < 1.29 is 9.53 Å². The molecule has 0 aliphatic carbocycles. The molecule has 0 bridgehead atoms. The van der Waals surface area contributed by atoms with Crippen LogP contribution in [0.25, 0.3) is 10.8 Å². The fourth-order valence-electron chi connectivity index (χ4n) is 3.20. The van der Waals surface area contributed by atoms with Crippen LogP contribution in [0, 0.1) is 0 Å². The van der Waals surface area contributed by atoms with Gasteiger partial charge in [-0.2, -0.15) is 0 Å². The van der Waals surface area contributed by atoms with Gasteiger partial charge >= 0.3 is 0 Å². The van der Waals surface area contributed by atoms with E-state index in [1.807, 2.05) is 18.2 Å². The van der Waals surface area contributed by atoms with Gasteiger partial charge in [0.25, 0.3) is 11.5 Å². The van der Waals surface area contributed by atoms with Crippen LogP contribution in [0.3, 0.4) is 0 Å². The van der Waals surface area contributed by atoms with Gasteiger partial charge in [0.1, 0.15) is 0 Å². The van der Waals surface area contributed by atoms with Gasteiger partial charge in [-0.3, -0.25) is 9.59 Å². The minimum atomic E-state index is -0.180. The van der Waals surface area contributed by atoms with Gasteiger partial charge in [0.2, 0.25) is 0 Å². The van der Waals surface area contributed by atoms with Crippen molar-refractivity contribution >= 4 is 16.7 Å². The van der Waals surface area contributed by atoms with E-state index in [4.69, 9.17) is 4.74 Å². The number of amides is 1. The monoisotopic (exact) mass is 348 g/mol. The fraction of sp³-hybridized carbons (Fsp3) is 0.238. The SMILES string of the molecule is Cn1ccc(C(=O)N2CC(OCc3cccc4ccccc34)C2)cc1=O. The minimum absolute atomic E-state index is 0.0319. The third-order valence-corrected chi connectivity index (χ3v) is 4.84. The predicted octanol–water partition coefficient (Wildman–Crippen LogP) is 2.58. The summed E-state index contributed by atoms with van der Waals surface area (Å²) < 4.78 is 7.42. The van der Waals surface area contributed by atoms with Gasteiger partial charge in [0.05, 0.1) is 12.7 Å². The molecule has 5 nitrogen and oxygen atoms in total. The second kappa shape index (κ2) is 6.77. The molecule has 4 rings (SSSR count). The standard InChI is InChI=1S/C21H20N2O3/c1-22-10-9-16(11-20(22)24)21(25)23-12-18(13-23)26-14-17-7-4-6-15-5-2-3-8-19(15)17/h2-11,18H,12-14H2,1H3. The molecule has 0 saturated carbocycles. The van der Waals surface area contributed by atoms with Crippen molar-refractivity contribution in [3.63, 3.8) is 0 Å². The van der Waals surface area contributed by atoms with E-state index in [2.05, 4.69) is 24.3 Å². The van der Waals surface area contributed by atoms with Gasteiger partial charge in [-0.1, -0.05) is 42.5 Å². The van der Waals surface area contributed by atoms with E-state index < -0.39 is 0 Å². The Morgan fingerprint density at radius 2 is 1.88 bits per heavy atom. The molecule has 3 aromatic rings. The maximum atomic E-state index is 12.4. The molecule has 1 fully saturated rings. The number of aromatic nitrogens is 1. The number of carbonyl (C=O) groups excluding carboxylic acids is 1. The van der Waals surface area contributed by atoms with Crippen molar-refractivity contribution in [2.75, 3.05) is 13.1 Å². The summed E-state index contributed by atoms with van der Waals surface area (Å²) in [5.74, 6) is -0.118. The van der Waals surface area contributed by atoms with E-state index in [-0.39, 0.29) is 17.6 Å². The van der Waals surface area contributed by atoms with Gasteiger partial charge in [0, 0.05) is 38.0 Å². The highest BCUT2D eigenvalue weighted by Crippen LogP contribution is 2.22. The minimum Gasteiger partial charge on any atom is -0.370 e. The van der Waals surface area contributed by atoms with E-state index in [9.17, 15) is 9.59 Å². The summed E-state index contributed by atoms with van der Waals surface area (Å²) in [5, 5.41) is 2.40. The molecule has 2 aromatic carbocycles. The maximum absolute atomic E-state index is 12.4. The Bertz CT molecular complexity index is 1010. The molecule has 1 aliphatic rings. The van der Waals surface area contributed by atoms with Crippen molar-refractivity contribution in [1.82, 2.24) is 9.47 Å². The van der Waals surface area contributed by atoms with Crippen LogP contribution in [-0.2, 0) is 18.4 Å². The van der Waals surface area contributed by atoms with Gasteiger partial charge in [-0.15, -0.1) is 0 Å². The Morgan fingerprint density at radius 3 is 2.69 bits per heavy atom. The molecule has 132 valence electrons. The van der Waals surface area contributed by atoms with Crippen molar-refractivity contribution in [2.24, 2.45) is 7.05 Å². The van der Waals surface area contributed by atoms with Crippen LogP contribution in [0.1, 0.15) is 15.9 Å². The molecular weight excluding hydrogens is 328 g/mol. The highest BCUT2D eigenvalue weighted by atomic mass is 16.5. The summed E-state index contributed by atoms with van der Waals surface area (Å²) >= 11 is 0. The lowest BCUT2D eigenvalue weighted by Gasteiger charge is -2.39. The van der Waals surface area contributed by atoms with Crippen molar-refractivity contribution in [1.29, 1.82) is 0 Å². The van der Waals surface area contributed by atoms with Crippen molar-refractivity contribution in [3.05, 3.63) is 82.3 Å². The Balaban J connectivity index is 1.36. The molecule has 0 unspecified atom stereocenters. The smallest absolute Gasteiger partial charge is 0.254 e. The largest absolute Gasteiger partial charge is 0.370 e. The average Bonchev–Trinajstić information content (AvgIpc) is 2.62. The van der Waals surface area contributed by atoms with Crippen LogP contribution in [0.5, 0.6) is 0 Å². The molecule has 5 heteroatoms. The molecule has 0 spiro atoms. The van der Waals surface area contributed by atoms with E-state index in [0.29, 0.717) is 25.3 Å². The molecular formula is C21H20N2O3.